The molecule has 0 atom stereocenters. The molecule has 0 saturated heterocycles. The van der Waals surface area contributed by atoms with Crippen LogP contribution in [0.3, 0.4) is 0 Å². The Balaban J connectivity index is 1.92. The van der Waals surface area contributed by atoms with Crippen molar-refractivity contribution in [3.8, 4) is 11.5 Å². The highest BCUT2D eigenvalue weighted by atomic mass is 35.5. The monoisotopic (exact) mass is 440 g/mol. The largest absolute Gasteiger partial charge is 0.460 e. The molecule has 0 saturated carbocycles. The van der Waals surface area contributed by atoms with Gasteiger partial charge in [-0.15, -0.1) is 5.10 Å². The number of aromatic nitrogens is 2. The Kier molecular flexibility index (Phi) is 7.33. The molecule has 0 spiro atoms. The molecule has 1 N–H and O–H groups in total. The maximum Gasteiger partial charge on any atom is 0.437 e. The molecule has 0 radical (unpaired) electrons. The second kappa shape index (κ2) is 9.53. The highest BCUT2D eigenvalue weighted by molar-refractivity contribution is 6.33. The third-order valence-electron chi connectivity index (χ3n) is 3.59. The standard InChI is InChI=1S/C18H21ClN4O7/c1-18(2,3)30-15(25)5-4-8-20-14(24)10-22-17(26)29-16(21-22)12-7-6-11(23(27)28)9-13(12)19/h6-7,9H,4-5,8,10H2,1-3H3,(H,20,24). The molecular formula is C18H21ClN4O7. The number of rotatable bonds is 8. The number of amides is 1. The fourth-order valence-corrected chi connectivity index (χ4v) is 2.61. The number of ether oxygens (including phenoxy) is 1. The van der Waals surface area contributed by atoms with E-state index in [0.717, 1.165) is 10.7 Å². The van der Waals surface area contributed by atoms with Crippen molar-refractivity contribution in [2.24, 2.45) is 0 Å². The summed E-state index contributed by atoms with van der Waals surface area (Å²) in [4.78, 5) is 45.7. The third kappa shape index (κ3) is 6.69. The Hall–Kier alpha value is -3.21. The summed E-state index contributed by atoms with van der Waals surface area (Å²) in [5, 5.41) is 17.2. The van der Waals surface area contributed by atoms with Crippen LogP contribution in [-0.4, -0.2) is 38.7 Å². The van der Waals surface area contributed by atoms with Crippen LogP contribution in [0.4, 0.5) is 5.69 Å². The first-order valence-electron chi connectivity index (χ1n) is 8.97. The van der Waals surface area contributed by atoms with Crippen molar-refractivity contribution in [3.63, 3.8) is 0 Å². The van der Waals surface area contributed by atoms with E-state index in [1.165, 1.54) is 12.1 Å². The van der Waals surface area contributed by atoms with E-state index in [1.54, 1.807) is 20.8 Å². The van der Waals surface area contributed by atoms with Crippen molar-refractivity contribution in [1.29, 1.82) is 0 Å². The minimum Gasteiger partial charge on any atom is -0.460 e. The van der Waals surface area contributed by atoms with Crippen LogP contribution in [0.1, 0.15) is 33.6 Å². The quantitative estimate of drug-likeness (QED) is 0.284. The van der Waals surface area contributed by atoms with Crippen LogP contribution in [0.15, 0.2) is 27.4 Å². The summed E-state index contributed by atoms with van der Waals surface area (Å²) in [5.74, 6) is -1.93. The van der Waals surface area contributed by atoms with Crippen LogP contribution in [0.2, 0.25) is 5.02 Å². The second-order valence-corrected chi connectivity index (χ2v) is 7.70. The lowest BCUT2D eigenvalue weighted by Crippen LogP contribution is -2.32. The maximum atomic E-state index is 12.0. The van der Waals surface area contributed by atoms with E-state index in [2.05, 4.69) is 10.4 Å². The average Bonchev–Trinajstić information content (AvgIpc) is 2.97. The van der Waals surface area contributed by atoms with Crippen LogP contribution < -0.4 is 11.1 Å². The number of carbonyl (C=O) groups excluding carboxylic acids is 2. The third-order valence-corrected chi connectivity index (χ3v) is 3.91. The number of non-ortho nitro benzene ring substituents is 1. The second-order valence-electron chi connectivity index (χ2n) is 7.29. The molecule has 2 rings (SSSR count). The molecule has 1 heterocycles. The maximum absolute atomic E-state index is 12.0. The highest BCUT2D eigenvalue weighted by Gasteiger charge is 2.18. The Morgan fingerprint density at radius 3 is 2.67 bits per heavy atom. The van der Waals surface area contributed by atoms with Crippen LogP contribution in [-0.2, 0) is 20.9 Å². The minimum atomic E-state index is -0.886. The van der Waals surface area contributed by atoms with E-state index in [0.29, 0.717) is 6.42 Å². The first-order valence-corrected chi connectivity index (χ1v) is 9.35. The van der Waals surface area contributed by atoms with Gasteiger partial charge in [0.05, 0.1) is 15.5 Å². The van der Waals surface area contributed by atoms with Gasteiger partial charge in [-0.25, -0.2) is 4.79 Å². The Morgan fingerprint density at radius 1 is 1.37 bits per heavy atom. The molecule has 30 heavy (non-hydrogen) atoms. The van der Waals surface area contributed by atoms with Crippen LogP contribution in [0, 0.1) is 10.1 Å². The number of nitrogens with one attached hydrogen (secondary N) is 1. The van der Waals surface area contributed by atoms with Crippen LogP contribution in [0.5, 0.6) is 0 Å². The zero-order chi connectivity index (χ0) is 22.5. The highest BCUT2D eigenvalue weighted by Crippen LogP contribution is 2.29. The van der Waals surface area contributed by atoms with Gasteiger partial charge in [0, 0.05) is 25.1 Å². The SMILES string of the molecule is CC(C)(C)OC(=O)CCCNC(=O)Cn1nc(-c2ccc([N+](=O)[O-])cc2Cl)oc1=O. The molecule has 12 heteroatoms. The topological polar surface area (TPSA) is 147 Å². The van der Waals surface area contributed by atoms with Gasteiger partial charge in [0.1, 0.15) is 12.1 Å². The predicted octanol–water partition coefficient (Wildman–Crippen LogP) is 2.30. The predicted molar refractivity (Wildman–Crippen MR) is 106 cm³/mol. The first kappa shape index (κ1) is 23.1. The van der Waals surface area contributed by atoms with Crippen molar-refractivity contribution in [2.75, 3.05) is 6.54 Å². The Labute approximate surface area is 176 Å². The summed E-state index contributed by atoms with van der Waals surface area (Å²) < 4.78 is 11.0. The van der Waals surface area contributed by atoms with Gasteiger partial charge in [-0.05, 0) is 33.3 Å². The number of carbonyl (C=O) groups is 2. The van der Waals surface area contributed by atoms with E-state index >= 15 is 0 Å². The van der Waals surface area contributed by atoms with Crippen molar-refractivity contribution in [3.05, 3.63) is 43.9 Å². The van der Waals surface area contributed by atoms with Crippen molar-refractivity contribution in [1.82, 2.24) is 15.1 Å². The smallest absolute Gasteiger partial charge is 0.437 e. The van der Waals surface area contributed by atoms with Crippen molar-refractivity contribution in [2.45, 2.75) is 45.8 Å². The molecule has 1 amide bonds. The molecule has 0 aliphatic carbocycles. The normalized spacial score (nSPS) is 11.2. The number of nitrogens with zero attached hydrogens (tertiary/aromatic N) is 3. The summed E-state index contributed by atoms with van der Waals surface area (Å²) in [5.41, 5.74) is -0.620. The number of hydrogen-bond acceptors (Lipinski definition) is 8. The van der Waals surface area contributed by atoms with Gasteiger partial charge in [0.15, 0.2) is 0 Å². The summed E-state index contributed by atoms with van der Waals surface area (Å²) in [6.07, 6.45) is 0.516. The molecule has 11 nitrogen and oxygen atoms in total. The van der Waals surface area contributed by atoms with Crippen LogP contribution >= 0.6 is 11.6 Å². The number of halogens is 1. The van der Waals surface area contributed by atoms with Gasteiger partial charge in [-0.3, -0.25) is 19.7 Å². The van der Waals surface area contributed by atoms with E-state index in [1.807, 2.05) is 0 Å². The zero-order valence-electron chi connectivity index (χ0n) is 16.6. The number of hydrogen-bond donors (Lipinski definition) is 1. The molecule has 0 fully saturated rings. The van der Waals surface area contributed by atoms with Crippen molar-refractivity contribution >= 4 is 29.2 Å². The van der Waals surface area contributed by atoms with Gasteiger partial charge in [-0.1, -0.05) is 11.6 Å². The molecule has 162 valence electrons. The summed E-state index contributed by atoms with van der Waals surface area (Å²) in [7, 11) is 0. The number of nitro benzene ring substituents is 1. The summed E-state index contributed by atoms with van der Waals surface area (Å²) >= 11 is 5.99. The van der Waals surface area contributed by atoms with Gasteiger partial charge in [-0.2, -0.15) is 4.68 Å². The Morgan fingerprint density at radius 2 is 2.07 bits per heavy atom. The molecule has 0 bridgehead atoms. The van der Waals surface area contributed by atoms with E-state index < -0.39 is 28.7 Å². The molecular weight excluding hydrogens is 420 g/mol. The van der Waals surface area contributed by atoms with Gasteiger partial charge >= 0.3 is 11.7 Å². The van der Waals surface area contributed by atoms with Gasteiger partial charge in [0.25, 0.3) is 11.6 Å². The van der Waals surface area contributed by atoms with Gasteiger partial charge < -0.3 is 14.5 Å². The van der Waals surface area contributed by atoms with E-state index in [9.17, 15) is 24.5 Å². The molecule has 1 aromatic carbocycles. The molecule has 2 aromatic rings. The number of benzene rings is 1. The zero-order valence-corrected chi connectivity index (χ0v) is 17.4. The van der Waals surface area contributed by atoms with Gasteiger partial charge in [0.2, 0.25) is 5.91 Å². The lowest BCUT2D eigenvalue weighted by Gasteiger charge is -2.19. The van der Waals surface area contributed by atoms with Crippen LogP contribution in [0.25, 0.3) is 11.5 Å². The fourth-order valence-electron chi connectivity index (χ4n) is 2.35. The number of nitro groups is 1. The molecule has 0 unspecified atom stereocenters. The minimum absolute atomic E-state index is 0.0239. The Bertz CT molecular complexity index is 1010. The average molecular weight is 441 g/mol. The summed E-state index contributed by atoms with van der Waals surface area (Å²) in [6.45, 7) is 5.10. The molecule has 0 aliphatic heterocycles. The molecule has 1 aromatic heterocycles. The fraction of sp³-hybridized carbons (Fsp3) is 0.444. The lowest BCUT2D eigenvalue weighted by molar-refractivity contribution is -0.384. The lowest BCUT2D eigenvalue weighted by atomic mass is 10.2. The van der Waals surface area contributed by atoms with E-state index in [4.69, 9.17) is 20.8 Å². The van der Waals surface area contributed by atoms with Crippen molar-refractivity contribution < 1.29 is 23.7 Å². The summed E-state index contributed by atoms with van der Waals surface area (Å²) in [6, 6.07) is 3.59. The number of esters is 1. The molecule has 0 aliphatic rings. The first-order chi connectivity index (χ1) is 14.0. The van der Waals surface area contributed by atoms with E-state index in [-0.39, 0.29) is 41.1 Å².